The van der Waals surface area contributed by atoms with E-state index < -0.39 is 0 Å². The molecule has 2 aromatic carbocycles. The third-order valence-corrected chi connectivity index (χ3v) is 6.01. The Balaban J connectivity index is 1.31. The summed E-state index contributed by atoms with van der Waals surface area (Å²) in [6, 6.07) is 18.0. The van der Waals surface area contributed by atoms with Crippen LogP contribution in [0.4, 0.5) is 5.69 Å². The maximum absolute atomic E-state index is 12.7. The molecule has 0 radical (unpaired) electrons. The normalized spacial score (nSPS) is 18.0. The lowest BCUT2D eigenvalue weighted by atomic mass is 9.95. The SMILES string of the molecule is O=C(CN1CCC(C(=O)N2CCCC2)CC1)Nc1ccccc1-c1ccccc1. The van der Waals surface area contributed by atoms with Gasteiger partial charge in [0.2, 0.25) is 11.8 Å². The minimum atomic E-state index is -0.00213. The van der Waals surface area contributed by atoms with Crippen LogP contribution in [0.5, 0.6) is 0 Å². The topological polar surface area (TPSA) is 52.7 Å². The van der Waals surface area contributed by atoms with Crippen LogP contribution >= 0.6 is 0 Å². The number of para-hydroxylation sites is 1. The molecule has 2 aliphatic heterocycles. The first-order valence-electron chi connectivity index (χ1n) is 10.7. The predicted octanol–water partition coefficient (Wildman–Crippen LogP) is 3.63. The average molecular weight is 392 g/mol. The molecule has 0 saturated carbocycles. The van der Waals surface area contributed by atoms with E-state index in [1.165, 1.54) is 0 Å². The highest BCUT2D eigenvalue weighted by Crippen LogP contribution is 2.28. The van der Waals surface area contributed by atoms with Crippen LogP contribution in [0, 0.1) is 5.92 Å². The summed E-state index contributed by atoms with van der Waals surface area (Å²) in [4.78, 5) is 29.4. The van der Waals surface area contributed by atoms with Gasteiger partial charge in [-0.1, -0.05) is 48.5 Å². The van der Waals surface area contributed by atoms with Gasteiger partial charge in [-0.25, -0.2) is 0 Å². The Labute approximate surface area is 172 Å². The molecule has 4 rings (SSSR count). The van der Waals surface area contributed by atoms with Crippen molar-refractivity contribution in [2.75, 3.05) is 38.0 Å². The van der Waals surface area contributed by atoms with Crippen molar-refractivity contribution in [1.82, 2.24) is 9.80 Å². The molecule has 0 bridgehead atoms. The molecule has 0 spiro atoms. The standard InChI is InChI=1S/C24H29N3O2/c28-23(25-22-11-5-4-10-21(22)19-8-2-1-3-9-19)18-26-16-12-20(13-17-26)24(29)27-14-6-7-15-27/h1-5,8-11,20H,6-7,12-18H2,(H,25,28). The molecule has 2 aromatic rings. The number of amides is 2. The van der Waals surface area contributed by atoms with E-state index in [1.807, 2.05) is 59.5 Å². The molecule has 2 fully saturated rings. The van der Waals surface area contributed by atoms with E-state index in [0.29, 0.717) is 12.5 Å². The van der Waals surface area contributed by atoms with E-state index in [-0.39, 0.29) is 11.8 Å². The van der Waals surface area contributed by atoms with Crippen molar-refractivity contribution < 1.29 is 9.59 Å². The molecule has 5 nitrogen and oxygen atoms in total. The number of benzene rings is 2. The van der Waals surface area contributed by atoms with Crippen LogP contribution in [-0.2, 0) is 9.59 Å². The molecule has 2 saturated heterocycles. The Hall–Kier alpha value is -2.66. The van der Waals surface area contributed by atoms with Crippen molar-refractivity contribution in [1.29, 1.82) is 0 Å². The molecule has 0 aliphatic carbocycles. The second-order valence-electron chi connectivity index (χ2n) is 8.04. The zero-order chi connectivity index (χ0) is 20.1. The summed E-state index contributed by atoms with van der Waals surface area (Å²) in [6.07, 6.45) is 3.97. The summed E-state index contributed by atoms with van der Waals surface area (Å²) in [5, 5.41) is 3.08. The fourth-order valence-electron chi connectivity index (χ4n) is 4.39. The Morgan fingerprint density at radius 2 is 1.52 bits per heavy atom. The third kappa shape index (κ3) is 4.85. The van der Waals surface area contributed by atoms with Gasteiger partial charge in [0.05, 0.1) is 6.54 Å². The zero-order valence-corrected chi connectivity index (χ0v) is 16.8. The maximum atomic E-state index is 12.7. The number of hydrogen-bond donors (Lipinski definition) is 1. The number of carbonyl (C=O) groups is 2. The zero-order valence-electron chi connectivity index (χ0n) is 16.8. The predicted molar refractivity (Wildman–Crippen MR) is 115 cm³/mol. The molecule has 2 amide bonds. The van der Waals surface area contributed by atoms with E-state index in [1.54, 1.807) is 0 Å². The number of nitrogens with one attached hydrogen (secondary N) is 1. The van der Waals surface area contributed by atoms with Crippen molar-refractivity contribution in [2.24, 2.45) is 5.92 Å². The lowest BCUT2D eigenvalue weighted by Crippen LogP contribution is -2.43. The van der Waals surface area contributed by atoms with Gasteiger partial charge in [-0.3, -0.25) is 14.5 Å². The second kappa shape index (κ2) is 9.23. The first-order chi connectivity index (χ1) is 14.2. The van der Waals surface area contributed by atoms with Crippen molar-refractivity contribution in [3.63, 3.8) is 0 Å². The summed E-state index contributed by atoms with van der Waals surface area (Å²) < 4.78 is 0. The number of carbonyl (C=O) groups excluding carboxylic acids is 2. The van der Waals surface area contributed by atoms with Gasteiger partial charge in [-0.15, -0.1) is 0 Å². The van der Waals surface area contributed by atoms with Crippen LogP contribution in [0.25, 0.3) is 11.1 Å². The van der Waals surface area contributed by atoms with Crippen LogP contribution in [0.3, 0.4) is 0 Å². The maximum Gasteiger partial charge on any atom is 0.238 e. The quantitative estimate of drug-likeness (QED) is 0.847. The first-order valence-corrected chi connectivity index (χ1v) is 10.7. The molecule has 152 valence electrons. The fraction of sp³-hybridized carbons (Fsp3) is 0.417. The van der Waals surface area contributed by atoms with Crippen LogP contribution in [0.1, 0.15) is 25.7 Å². The number of piperidine rings is 1. The summed E-state index contributed by atoms with van der Waals surface area (Å²) in [5.41, 5.74) is 2.95. The first kappa shape index (κ1) is 19.6. The van der Waals surface area contributed by atoms with Gasteiger partial charge in [0.15, 0.2) is 0 Å². The lowest BCUT2D eigenvalue weighted by Gasteiger charge is -2.32. The molecule has 29 heavy (non-hydrogen) atoms. The summed E-state index contributed by atoms with van der Waals surface area (Å²) in [5.74, 6) is 0.451. The Morgan fingerprint density at radius 3 is 2.24 bits per heavy atom. The van der Waals surface area contributed by atoms with Crippen molar-refractivity contribution in [2.45, 2.75) is 25.7 Å². The summed E-state index contributed by atoms with van der Waals surface area (Å²) in [7, 11) is 0. The number of hydrogen-bond acceptors (Lipinski definition) is 3. The highest BCUT2D eigenvalue weighted by Gasteiger charge is 2.30. The lowest BCUT2D eigenvalue weighted by molar-refractivity contribution is -0.136. The van der Waals surface area contributed by atoms with E-state index >= 15 is 0 Å². The molecular weight excluding hydrogens is 362 g/mol. The summed E-state index contributed by atoms with van der Waals surface area (Å²) in [6.45, 7) is 3.81. The van der Waals surface area contributed by atoms with Crippen molar-refractivity contribution in [3.8, 4) is 11.1 Å². The second-order valence-corrected chi connectivity index (χ2v) is 8.04. The fourth-order valence-corrected chi connectivity index (χ4v) is 4.39. The van der Waals surface area contributed by atoms with Crippen LogP contribution in [-0.4, -0.2) is 54.3 Å². The molecule has 0 atom stereocenters. The molecule has 0 unspecified atom stereocenters. The third-order valence-electron chi connectivity index (χ3n) is 6.01. The number of anilines is 1. The Morgan fingerprint density at radius 1 is 0.862 bits per heavy atom. The minimum Gasteiger partial charge on any atom is -0.342 e. The van der Waals surface area contributed by atoms with Crippen molar-refractivity contribution >= 4 is 17.5 Å². The Bertz CT molecular complexity index is 838. The minimum absolute atomic E-state index is 0.00213. The van der Waals surface area contributed by atoms with E-state index in [4.69, 9.17) is 0 Å². The van der Waals surface area contributed by atoms with Gasteiger partial charge in [0.1, 0.15) is 0 Å². The van der Waals surface area contributed by atoms with Gasteiger partial charge in [-0.05, 0) is 50.4 Å². The number of nitrogens with zero attached hydrogens (tertiary/aromatic N) is 2. The highest BCUT2D eigenvalue weighted by molar-refractivity contribution is 5.96. The van der Waals surface area contributed by atoms with E-state index in [2.05, 4.69) is 10.2 Å². The molecular formula is C24H29N3O2. The molecule has 2 heterocycles. The monoisotopic (exact) mass is 391 g/mol. The summed E-state index contributed by atoms with van der Waals surface area (Å²) >= 11 is 0. The Kier molecular flexibility index (Phi) is 6.25. The van der Waals surface area contributed by atoms with E-state index in [9.17, 15) is 9.59 Å². The largest absolute Gasteiger partial charge is 0.342 e. The number of rotatable bonds is 5. The van der Waals surface area contributed by atoms with Crippen LogP contribution < -0.4 is 5.32 Å². The highest BCUT2D eigenvalue weighted by atomic mass is 16.2. The molecule has 0 aromatic heterocycles. The van der Waals surface area contributed by atoms with Crippen LogP contribution in [0.2, 0.25) is 0 Å². The van der Waals surface area contributed by atoms with Gasteiger partial charge >= 0.3 is 0 Å². The van der Waals surface area contributed by atoms with E-state index in [0.717, 1.165) is 68.7 Å². The van der Waals surface area contributed by atoms with Crippen LogP contribution in [0.15, 0.2) is 54.6 Å². The van der Waals surface area contributed by atoms with Gasteiger partial charge < -0.3 is 10.2 Å². The average Bonchev–Trinajstić information content (AvgIpc) is 3.30. The molecule has 1 N–H and O–H groups in total. The molecule has 2 aliphatic rings. The number of likely N-dealkylation sites (tertiary alicyclic amines) is 2. The van der Waals surface area contributed by atoms with Gasteiger partial charge in [-0.2, -0.15) is 0 Å². The van der Waals surface area contributed by atoms with Gasteiger partial charge in [0.25, 0.3) is 0 Å². The van der Waals surface area contributed by atoms with Crippen molar-refractivity contribution in [3.05, 3.63) is 54.6 Å². The van der Waals surface area contributed by atoms with Gasteiger partial charge in [0, 0.05) is 30.3 Å². The molecule has 5 heteroatoms. The smallest absolute Gasteiger partial charge is 0.238 e.